The first-order chi connectivity index (χ1) is 8.83. The molecule has 0 aromatic carbocycles. The SMILES string of the molecule is O=c1[nH]c(SC[C@H]2CCCOC2)nc2c1CCC2. The van der Waals surface area contributed by atoms with Crippen LogP contribution in [0.25, 0.3) is 0 Å². The maximum absolute atomic E-state index is 11.8. The average Bonchev–Trinajstić information content (AvgIpc) is 2.86. The molecule has 1 N–H and O–H groups in total. The molecule has 0 unspecified atom stereocenters. The molecule has 1 aromatic heterocycles. The summed E-state index contributed by atoms with van der Waals surface area (Å²) in [6.45, 7) is 1.75. The van der Waals surface area contributed by atoms with Gasteiger partial charge < -0.3 is 9.72 Å². The number of ether oxygens (including phenoxy) is 1. The van der Waals surface area contributed by atoms with Crippen molar-refractivity contribution in [3.63, 3.8) is 0 Å². The summed E-state index contributed by atoms with van der Waals surface area (Å²) >= 11 is 1.66. The highest BCUT2D eigenvalue weighted by atomic mass is 32.2. The molecular formula is C13H18N2O2S. The van der Waals surface area contributed by atoms with Crippen LogP contribution in [0.15, 0.2) is 9.95 Å². The fourth-order valence-corrected chi connectivity index (χ4v) is 3.62. The van der Waals surface area contributed by atoms with Gasteiger partial charge in [-0.2, -0.15) is 0 Å². The minimum atomic E-state index is 0.0693. The second-order valence-electron chi connectivity index (χ2n) is 5.04. The molecule has 0 spiro atoms. The summed E-state index contributed by atoms with van der Waals surface area (Å²) in [7, 11) is 0. The second-order valence-corrected chi connectivity index (χ2v) is 6.05. The molecule has 0 bridgehead atoms. The first-order valence-electron chi connectivity index (χ1n) is 6.65. The zero-order chi connectivity index (χ0) is 12.4. The van der Waals surface area contributed by atoms with E-state index in [4.69, 9.17) is 4.74 Å². The van der Waals surface area contributed by atoms with E-state index in [1.54, 1.807) is 11.8 Å². The number of hydrogen-bond donors (Lipinski definition) is 1. The fourth-order valence-electron chi connectivity index (χ4n) is 2.62. The average molecular weight is 266 g/mol. The Bertz CT molecular complexity index is 480. The molecule has 5 heteroatoms. The Morgan fingerprint density at radius 2 is 2.33 bits per heavy atom. The zero-order valence-corrected chi connectivity index (χ0v) is 11.2. The van der Waals surface area contributed by atoms with Crippen molar-refractivity contribution in [1.82, 2.24) is 9.97 Å². The van der Waals surface area contributed by atoms with Gasteiger partial charge in [-0.15, -0.1) is 0 Å². The van der Waals surface area contributed by atoms with Crippen LogP contribution in [0.5, 0.6) is 0 Å². The van der Waals surface area contributed by atoms with Crippen molar-refractivity contribution in [2.75, 3.05) is 19.0 Å². The first-order valence-corrected chi connectivity index (χ1v) is 7.64. The van der Waals surface area contributed by atoms with Crippen molar-refractivity contribution in [2.45, 2.75) is 37.3 Å². The van der Waals surface area contributed by atoms with E-state index in [0.717, 1.165) is 61.1 Å². The summed E-state index contributed by atoms with van der Waals surface area (Å²) in [4.78, 5) is 19.3. The number of hydrogen-bond acceptors (Lipinski definition) is 4. The lowest BCUT2D eigenvalue weighted by Crippen LogP contribution is -2.20. The predicted molar refractivity (Wildman–Crippen MR) is 71.1 cm³/mol. The molecule has 1 aliphatic carbocycles. The third-order valence-corrected chi connectivity index (χ3v) is 4.73. The predicted octanol–water partition coefficient (Wildman–Crippen LogP) is 1.78. The van der Waals surface area contributed by atoms with Gasteiger partial charge in [0.05, 0.1) is 12.3 Å². The quantitative estimate of drug-likeness (QED) is 0.669. The van der Waals surface area contributed by atoms with Gasteiger partial charge in [-0.25, -0.2) is 4.98 Å². The van der Waals surface area contributed by atoms with Gasteiger partial charge in [-0.3, -0.25) is 4.79 Å². The minimum absolute atomic E-state index is 0.0693. The first kappa shape index (κ1) is 12.2. The summed E-state index contributed by atoms with van der Waals surface area (Å²) in [5.41, 5.74) is 1.99. The van der Waals surface area contributed by atoms with Gasteiger partial charge in [0, 0.05) is 17.9 Å². The fraction of sp³-hybridized carbons (Fsp3) is 0.692. The van der Waals surface area contributed by atoms with Crippen molar-refractivity contribution in [3.05, 3.63) is 21.6 Å². The smallest absolute Gasteiger partial charge is 0.254 e. The Morgan fingerprint density at radius 1 is 1.39 bits per heavy atom. The molecule has 1 aliphatic heterocycles. The lowest BCUT2D eigenvalue weighted by atomic mass is 10.1. The molecule has 0 saturated carbocycles. The molecule has 2 aliphatic rings. The Morgan fingerprint density at radius 3 is 3.17 bits per heavy atom. The molecule has 0 radical (unpaired) electrons. The van der Waals surface area contributed by atoms with Crippen LogP contribution in [0.1, 0.15) is 30.5 Å². The topological polar surface area (TPSA) is 55.0 Å². The van der Waals surface area contributed by atoms with E-state index in [2.05, 4.69) is 9.97 Å². The van der Waals surface area contributed by atoms with Crippen molar-refractivity contribution in [1.29, 1.82) is 0 Å². The van der Waals surface area contributed by atoms with Crippen LogP contribution in [0.4, 0.5) is 0 Å². The van der Waals surface area contributed by atoms with Gasteiger partial charge in [0.1, 0.15) is 0 Å². The van der Waals surface area contributed by atoms with Crippen LogP contribution in [-0.4, -0.2) is 28.9 Å². The molecule has 1 saturated heterocycles. The van der Waals surface area contributed by atoms with Gasteiger partial charge in [-0.1, -0.05) is 11.8 Å². The molecule has 1 fully saturated rings. The van der Waals surface area contributed by atoms with E-state index in [1.165, 1.54) is 6.42 Å². The minimum Gasteiger partial charge on any atom is -0.381 e. The Kier molecular flexibility index (Phi) is 3.70. The van der Waals surface area contributed by atoms with Crippen molar-refractivity contribution < 1.29 is 4.74 Å². The summed E-state index contributed by atoms with van der Waals surface area (Å²) in [5.74, 6) is 1.59. The number of nitrogens with one attached hydrogen (secondary N) is 1. The third-order valence-electron chi connectivity index (χ3n) is 3.63. The van der Waals surface area contributed by atoms with Gasteiger partial charge >= 0.3 is 0 Å². The highest BCUT2D eigenvalue weighted by molar-refractivity contribution is 7.99. The molecule has 98 valence electrons. The van der Waals surface area contributed by atoms with Crippen LogP contribution < -0.4 is 5.56 Å². The van der Waals surface area contributed by atoms with E-state index >= 15 is 0 Å². The normalized spacial score (nSPS) is 23.0. The van der Waals surface area contributed by atoms with E-state index in [9.17, 15) is 4.79 Å². The molecule has 1 atom stereocenters. The van der Waals surface area contributed by atoms with Crippen molar-refractivity contribution in [3.8, 4) is 0 Å². The second kappa shape index (κ2) is 5.45. The number of thioether (sulfide) groups is 1. The summed E-state index contributed by atoms with van der Waals surface area (Å²) in [6, 6.07) is 0. The summed E-state index contributed by atoms with van der Waals surface area (Å²) in [5, 5.41) is 0.784. The van der Waals surface area contributed by atoms with Crippen molar-refractivity contribution in [2.24, 2.45) is 5.92 Å². The van der Waals surface area contributed by atoms with Crippen LogP contribution >= 0.6 is 11.8 Å². The van der Waals surface area contributed by atoms with Crippen LogP contribution in [0, 0.1) is 5.92 Å². The van der Waals surface area contributed by atoms with Crippen LogP contribution in [0.3, 0.4) is 0 Å². The molecular weight excluding hydrogens is 248 g/mol. The standard InChI is InChI=1S/C13H18N2O2S/c16-12-10-4-1-5-11(10)14-13(15-12)18-8-9-3-2-6-17-7-9/h9H,1-8H2,(H,14,15,16)/t9-/m0/s1. The lowest BCUT2D eigenvalue weighted by Gasteiger charge is -2.21. The van der Waals surface area contributed by atoms with Gasteiger partial charge in [-0.05, 0) is 38.0 Å². The maximum Gasteiger partial charge on any atom is 0.254 e. The van der Waals surface area contributed by atoms with Gasteiger partial charge in [0.15, 0.2) is 5.16 Å². The lowest BCUT2D eigenvalue weighted by molar-refractivity contribution is 0.0632. The maximum atomic E-state index is 11.8. The number of aryl methyl sites for hydroxylation is 1. The molecule has 2 heterocycles. The number of aromatic amines is 1. The Balaban J connectivity index is 1.66. The van der Waals surface area contributed by atoms with E-state index in [-0.39, 0.29) is 5.56 Å². The Hall–Kier alpha value is -0.810. The van der Waals surface area contributed by atoms with Gasteiger partial charge in [0.2, 0.25) is 0 Å². The van der Waals surface area contributed by atoms with Crippen LogP contribution in [0.2, 0.25) is 0 Å². The molecule has 18 heavy (non-hydrogen) atoms. The molecule has 0 amide bonds. The molecule has 4 nitrogen and oxygen atoms in total. The van der Waals surface area contributed by atoms with E-state index in [0.29, 0.717) is 5.92 Å². The summed E-state index contributed by atoms with van der Waals surface area (Å²) in [6.07, 6.45) is 5.29. The monoisotopic (exact) mass is 266 g/mol. The number of fused-ring (bicyclic) bond motifs is 1. The number of nitrogens with zero attached hydrogens (tertiary/aromatic N) is 1. The highest BCUT2D eigenvalue weighted by Gasteiger charge is 2.19. The Labute approximate surface area is 111 Å². The molecule has 3 rings (SSSR count). The number of aromatic nitrogens is 2. The van der Waals surface area contributed by atoms with E-state index < -0.39 is 0 Å². The molecule has 1 aromatic rings. The van der Waals surface area contributed by atoms with Crippen molar-refractivity contribution >= 4 is 11.8 Å². The zero-order valence-electron chi connectivity index (χ0n) is 10.4. The summed E-state index contributed by atoms with van der Waals surface area (Å²) < 4.78 is 5.46. The van der Waals surface area contributed by atoms with E-state index in [1.807, 2.05) is 0 Å². The third kappa shape index (κ3) is 2.62. The number of rotatable bonds is 3. The number of H-pyrrole nitrogens is 1. The van der Waals surface area contributed by atoms with Crippen LogP contribution in [-0.2, 0) is 17.6 Å². The highest BCUT2D eigenvalue weighted by Crippen LogP contribution is 2.24. The van der Waals surface area contributed by atoms with Gasteiger partial charge in [0.25, 0.3) is 5.56 Å². The largest absolute Gasteiger partial charge is 0.381 e.